The minimum absolute atomic E-state index is 0.0681. The molecule has 2 aliphatic heterocycles. The number of hydrogen-bond donors (Lipinski definition) is 0. The van der Waals surface area contributed by atoms with E-state index < -0.39 is 0 Å². The van der Waals surface area contributed by atoms with E-state index in [4.69, 9.17) is 9.47 Å². The lowest BCUT2D eigenvalue weighted by Gasteiger charge is -2.26. The summed E-state index contributed by atoms with van der Waals surface area (Å²) in [6.45, 7) is 1.97. The number of likely N-dealkylation sites (tertiary alicyclic amines) is 1. The Morgan fingerprint density at radius 3 is 2.92 bits per heavy atom. The van der Waals surface area contributed by atoms with Crippen molar-refractivity contribution in [3.63, 3.8) is 0 Å². The maximum Gasteiger partial charge on any atom is 0.247 e. The first-order valence-electron chi connectivity index (χ1n) is 8.22. The smallest absolute Gasteiger partial charge is 0.247 e. The van der Waals surface area contributed by atoms with Crippen molar-refractivity contribution < 1.29 is 14.3 Å². The Labute approximate surface area is 145 Å². The van der Waals surface area contributed by atoms with Crippen LogP contribution in [0.4, 0.5) is 0 Å². The number of ether oxygens (including phenoxy) is 2. The van der Waals surface area contributed by atoms with Gasteiger partial charge in [-0.1, -0.05) is 6.07 Å². The van der Waals surface area contributed by atoms with E-state index in [0.717, 1.165) is 42.0 Å². The molecule has 0 saturated carbocycles. The lowest BCUT2D eigenvalue weighted by atomic mass is 10.0. The van der Waals surface area contributed by atoms with Gasteiger partial charge in [-0.25, -0.2) is 0 Å². The number of nitrogens with zero attached hydrogens (tertiary/aromatic N) is 1. The van der Waals surface area contributed by atoms with Crippen LogP contribution in [0.5, 0.6) is 11.5 Å². The lowest BCUT2D eigenvalue weighted by molar-refractivity contribution is -0.126. The number of amides is 1. The molecule has 0 N–H and O–H groups in total. The van der Waals surface area contributed by atoms with Gasteiger partial charge in [0, 0.05) is 12.6 Å². The van der Waals surface area contributed by atoms with Crippen molar-refractivity contribution in [3.8, 4) is 11.5 Å². The Morgan fingerprint density at radius 2 is 2.08 bits per heavy atom. The molecule has 1 fully saturated rings. The Bertz CT molecular complexity index is 754. The zero-order valence-corrected chi connectivity index (χ0v) is 14.1. The molecule has 0 spiro atoms. The third kappa shape index (κ3) is 3.04. The highest BCUT2D eigenvalue weighted by atomic mass is 32.1. The van der Waals surface area contributed by atoms with Gasteiger partial charge < -0.3 is 14.4 Å². The number of benzene rings is 1. The number of carbonyl (C=O) groups is 1. The molecule has 0 radical (unpaired) electrons. The number of carbonyl (C=O) groups excluding carboxylic acids is 1. The molecule has 1 saturated heterocycles. The van der Waals surface area contributed by atoms with Gasteiger partial charge in [-0.3, -0.25) is 4.79 Å². The van der Waals surface area contributed by atoms with Crippen molar-refractivity contribution in [2.75, 3.05) is 19.8 Å². The van der Waals surface area contributed by atoms with Gasteiger partial charge in [0.15, 0.2) is 11.5 Å². The molecular formula is C19H19NO3S. The molecule has 1 amide bonds. The normalized spacial score (nSPS) is 19.8. The van der Waals surface area contributed by atoms with Gasteiger partial charge in [-0.2, -0.15) is 11.3 Å². The van der Waals surface area contributed by atoms with Crippen molar-refractivity contribution >= 4 is 23.3 Å². The summed E-state index contributed by atoms with van der Waals surface area (Å²) in [7, 11) is 0. The van der Waals surface area contributed by atoms with Crippen molar-refractivity contribution in [2.45, 2.75) is 18.9 Å². The highest BCUT2D eigenvalue weighted by Gasteiger charge is 2.29. The van der Waals surface area contributed by atoms with Crippen LogP contribution >= 0.6 is 11.3 Å². The van der Waals surface area contributed by atoms with Gasteiger partial charge in [0.25, 0.3) is 0 Å². The minimum atomic E-state index is 0.0681. The van der Waals surface area contributed by atoms with Crippen LogP contribution in [0.15, 0.2) is 41.1 Å². The van der Waals surface area contributed by atoms with Gasteiger partial charge in [0.2, 0.25) is 5.91 Å². The molecule has 1 atom stereocenters. The first-order chi connectivity index (χ1) is 11.8. The summed E-state index contributed by atoms with van der Waals surface area (Å²) in [6, 6.07) is 8.14. The number of fused-ring (bicyclic) bond motifs is 1. The van der Waals surface area contributed by atoms with Crippen LogP contribution in [-0.4, -0.2) is 30.6 Å². The van der Waals surface area contributed by atoms with Gasteiger partial charge in [-0.15, -0.1) is 0 Å². The molecule has 4 rings (SSSR count). The maximum absolute atomic E-state index is 12.6. The molecule has 2 aliphatic rings. The van der Waals surface area contributed by atoms with Crippen LogP contribution in [0.3, 0.4) is 0 Å². The molecular weight excluding hydrogens is 322 g/mol. The second kappa shape index (κ2) is 6.69. The zero-order valence-electron chi connectivity index (χ0n) is 13.3. The van der Waals surface area contributed by atoms with Crippen molar-refractivity contribution in [2.24, 2.45) is 0 Å². The van der Waals surface area contributed by atoms with E-state index in [1.54, 1.807) is 17.4 Å². The Balaban J connectivity index is 1.53. The van der Waals surface area contributed by atoms with E-state index in [-0.39, 0.29) is 11.9 Å². The summed E-state index contributed by atoms with van der Waals surface area (Å²) < 4.78 is 11.3. The molecule has 24 heavy (non-hydrogen) atoms. The van der Waals surface area contributed by atoms with Gasteiger partial charge in [-0.05, 0) is 59.0 Å². The van der Waals surface area contributed by atoms with Crippen molar-refractivity contribution in [1.82, 2.24) is 4.90 Å². The minimum Gasteiger partial charge on any atom is -0.486 e. The predicted octanol–water partition coefficient (Wildman–Crippen LogP) is 3.90. The SMILES string of the molecule is O=C(/C=C/c1ccsc1)N1CCC[C@@H]1c1ccc2c(c1)OCCO2. The van der Waals surface area contributed by atoms with E-state index in [9.17, 15) is 4.79 Å². The standard InChI is InChI=1S/C19H19NO3S/c21-19(6-3-14-7-11-24-13-14)20-8-1-2-16(20)15-4-5-17-18(12-15)23-10-9-22-17/h3-7,11-13,16H,1-2,8-10H2/b6-3+/t16-/m1/s1. The third-order valence-corrected chi connectivity index (χ3v) is 5.15. The lowest BCUT2D eigenvalue weighted by Crippen LogP contribution is -2.29. The van der Waals surface area contributed by atoms with Gasteiger partial charge in [0.05, 0.1) is 6.04 Å². The largest absolute Gasteiger partial charge is 0.486 e. The van der Waals surface area contributed by atoms with Gasteiger partial charge >= 0.3 is 0 Å². The second-order valence-electron chi connectivity index (χ2n) is 5.98. The highest BCUT2D eigenvalue weighted by Crippen LogP contribution is 2.38. The number of hydrogen-bond acceptors (Lipinski definition) is 4. The van der Waals surface area contributed by atoms with E-state index in [1.165, 1.54) is 0 Å². The maximum atomic E-state index is 12.6. The average Bonchev–Trinajstić information content (AvgIpc) is 3.31. The Kier molecular flexibility index (Phi) is 4.26. The molecule has 2 aromatic rings. The second-order valence-corrected chi connectivity index (χ2v) is 6.76. The summed E-state index contributed by atoms with van der Waals surface area (Å²) >= 11 is 1.63. The average molecular weight is 341 g/mol. The fourth-order valence-electron chi connectivity index (χ4n) is 3.28. The topological polar surface area (TPSA) is 38.8 Å². The van der Waals surface area contributed by atoms with E-state index in [2.05, 4.69) is 0 Å². The van der Waals surface area contributed by atoms with E-state index in [0.29, 0.717) is 13.2 Å². The van der Waals surface area contributed by atoms with Crippen LogP contribution in [0.2, 0.25) is 0 Å². The molecule has 1 aromatic carbocycles. The van der Waals surface area contributed by atoms with Crippen LogP contribution < -0.4 is 9.47 Å². The molecule has 3 heterocycles. The van der Waals surface area contributed by atoms with Crippen LogP contribution in [0.1, 0.15) is 30.0 Å². The quantitative estimate of drug-likeness (QED) is 0.795. The van der Waals surface area contributed by atoms with Gasteiger partial charge in [0.1, 0.15) is 13.2 Å². The van der Waals surface area contributed by atoms with Crippen LogP contribution in [0.25, 0.3) is 6.08 Å². The molecule has 124 valence electrons. The summed E-state index contributed by atoms with van der Waals surface area (Å²) in [5.74, 6) is 1.64. The molecule has 5 heteroatoms. The fourth-order valence-corrected chi connectivity index (χ4v) is 3.91. The molecule has 0 bridgehead atoms. The summed E-state index contributed by atoms with van der Waals surface area (Å²) in [4.78, 5) is 14.6. The zero-order chi connectivity index (χ0) is 16.4. The summed E-state index contributed by atoms with van der Waals surface area (Å²) in [5, 5.41) is 4.05. The van der Waals surface area contributed by atoms with E-state index >= 15 is 0 Å². The number of thiophene rings is 1. The van der Waals surface area contributed by atoms with Crippen LogP contribution in [-0.2, 0) is 4.79 Å². The molecule has 4 nitrogen and oxygen atoms in total. The summed E-state index contributed by atoms with van der Waals surface area (Å²) in [6.07, 6.45) is 5.57. The Hall–Kier alpha value is -2.27. The van der Waals surface area contributed by atoms with Crippen molar-refractivity contribution in [1.29, 1.82) is 0 Å². The van der Waals surface area contributed by atoms with E-state index in [1.807, 2.05) is 46.0 Å². The molecule has 0 unspecified atom stereocenters. The first-order valence-corrected chi connectivity index (χ1v) is 9.16. The third-order valence-electron chi connectivity index (χ3n) is 4.45. The first kappa shape index (κ1) is 15.3. The molecule has 0 aliphatic carbocycles. The van der Waals surface area contributed by atoms with Crippen LogP contribution in [0, 0.1) is 0 Å². The highest BCUT2D eigenvalue weighted by molar-refractivity contribution is 7.08. The molecule has 1 aromatic heterocycles. The number of rotatable bonds is 3. The fraction of sp³-hybridized carbons (Fsp3) is 0.316. The predicted molar refractivity (Wildman–Crippen MR) is 94.5 cm³/mol. The summed E-state index contributed by atoms with van der Waals surface area (Å²) in [5.41, 5.74) is 2.19. The monoisotopic (exact) mass is 341 g/mol. The Morgan fingerprint density at radius 1 is 1.21 bits per heavy atom. The van der Waals surface area contributed by atoms with Crippen molar-refractivity contribution in [3.05, 3.63) is 52.2 Å².